The molecule has 1 atom stereocenters. The second kappa shape index (κ2) is 9.94. The lowest BCUT2D eigenvalue weighted by Crippen LogP contribution is -2.28. The highest BCUT2D eigenvalue weighted by Crippen LogP contribution is 2.42. The first-order valence-corrected chi connectivity index (χ1v) is 11.3. The van der Waals surface area contributed by atoms with Crippen molar-refractivity contribution >= 4 is 20.9 Å². The van der Waals surface area contributed by atoms with Gasteiger partial charge in [-0.1, -0.05) is 0 Å². The molecule has 0 aliphatic rings. The molecule has 8 nitrogen and oxygen atoms in total. The minimum atomic E-state index is -5.96. The Hall–Kier alpha value is -3.25. The quantitative estimate of drug-likeness (QED) is 0.310. The van der Waals surface area contributed by atoms with Crippen LogP contribution in [-0.2, 0) is 14.9 Å². The number of benzene rings is 2. The molecule has 1 heterocycles. The molecule has 0 spiro atoms. The molecule has 0 N–H and O–H groups in total. The van der Waals surface area contributed by atoms with Crippen LogP contribution < -0.4 is 18.4 Å². The molecule has 12 heteroatoms. The first kappa shape index (κ1) is 25.4. The molecule has 1 unspecified atom stereocenters. The Morgan fingerprint density at radius 1 is 0.971 bits per heavy atom. The number of alkyl halides is 3. The molecule has 2 aromatic carbocycles. The highest BCUT2D eigenvalue weighted by molar-refractivity contribution is 7.88. The monoisotopic (exact) mass is 501 g/mol. The van der Waals surface area contributed by atoms with Gasteiger partial charge in [0.05, 0.1) is 20.8 Å². The Balaban J connectivity index is 2.24. The van der Waals surface area contributed by atoms with Gasteiger partial charge in [0.1, 0.15) is 17.6 Å². The zero-order valence-corrected chi connectivity index (χ0v) is 19.5. The summed E-state index contributed by atoms with van der Waals surface area (Å²) in [6, 6.07) is 7.97. The number of methoxy groups -OCH3 is 3. The molecular formula is C22H22F3NO7S. The molecule has 0 amide bonds. The SMILES string of the molecule is CCOc1ccc2c(C(OC)c3cc(OC)cc(OC)c3)cncc2c1OS(=O)(=O)C(F)(F)F. The van der Waals surface area contributed by atoms with Crippen molar-refractivity contribution in [2.24, 2.45) is 0 Å². The molecule has 0 aliphatic heterocycles. The van der Waals surface area contributed by atoms with E-state index in [-0.39, 0.29) is 17.7 Å². The number of halogens is 3. The lowest BCUT2D eigenvalue weighted by Gasteiger charge is -2.21. The van der Waals surface area contributed by atoms with E-state index in [1.165, 1.54) is 39.8 Å². The maximum atomic E-state index is 13.0. The third kappa shape index (κ3) is 4.97. The zero-order chi connectivity index (χ0) is 25.1. The Kier molecular flexibility index (Phi) is 7.41. The van der Waals surface area contributed by atoms with Crippen molar-refractivity contribution in [3.63, 3.8) is 0 Å². The van der Waals surface area contributed by atoms with Crippen molar-refractivity contribution in [1.29, 1.82) is 0 Å². The summed E-state index contributed by atoms with van der Waals surface area (Å²) < 4.78 is 88.8. The summed E-state index contributed by atoms with van der Waals surface area (Å²) in [5.41, 5.74) is -4.59. The molecule has 0 saturated carbocycles. The van der Waals surface area contributed by atoms with Gasteiger partial charge in [-0.15, -0.1) is 0 Å². The van der Waals surface area contributed by atoms with Crippen LogP contribution in [0.15, 0.2) is 42.7 Å². The van der Waals surface area contributed by atoms with E-state index in [0.29, 0.717) is 28.0 Å². The Morgan fingerprint density at radius 3 is 2.15 bits per heavy atom. The third-order valence-electron chi connectivity index (χ3n) is 4.86. The number of fused-ring (bicyclic) bond motifs is 1. The Bertz CT molecular complexity index is 1260. The van der Waals surface area contributed by atoms with E-state index in [9.17, 15) is 21.6 Å². The Morgan fingerprint density at radius 2 is 1.62 bits per heavy atom. The number of hydrogen-bond donors (Lipinski definition) is 0. The fraction of sp³-hybridized carbons (Fsp3) is 0.318. The van der Waals surface area contributed by atoms with Crippen LogP contribution in [-0.4, -0.2) is 46.8 Å². The molecular weight excluding hydrogens is 479 g/mol. The smallest absolute Gasteiger partial charge is 0.497 e. The fourth-order valence-corrected chi connectivity index (χ4v) is 3.85. The van der Waals surface area contributed by atoms with Gasteiger partial charge in [0.2, 0.25) is 0 Å². The number of ether oxygens (including phenoxy) is 4. The van der Waals surface area contributed by atoms with Gasteiger partial charge >= 0.3 is 15.6 Å². The fourth-order valence-electron chi connectivity index (χ4n) is 3.37. The van der Waals surface area contributed by atoms with E-state index in [2.05, 4.69) is 9.17 Å². The van der Waals surface area contributed by atoms with E-state index >= 15 is 0 Å². The van der Waals surface area contributed by atoms with Gasteiger partial charge in [-0.3, -0.25) is 4.98 Å². The highest BCUT2D eigenvalue weighted by Gasteiger charge is 2.49. The van der Waals surface area contributed by atoms with Crippen molar-refractivity contribution in [3.05, 3.63) is 53.9 Å². The Labute approximate surface area is 194 Å². The molecule has 1 aromatic heterocycles. The largest absolute Gasteiger partial charge is 0.534 e. The highest BCUT2D eigenvalue weighted by atomic mass is 32.2. The van der Waals surface area contributed by atoms with Crippen LogP contribution >= 0.6 is 0 Å². The van der Waals surface area contributed by atoms with Gasteiger partial charge in [-0.25, -0.2) is 0 Å². The number of nitrogens with zero attached hydrogens (tertiary/aromatic N) is 1. The van der Waals surface area contributed by atoms with Gasteiger partial charge in [0.15, 0.2) is 11.5 Å². The standard InChI is InChI=1S/C22H22F3NO7S/c1-5-32-19-7-6-16-17(20(31-4)13-8-14(29-2)10-15(9-13)30-3)11-26-12-18(16)21(19)33-34(27,28)22(23,24)25/h6-12,20H,5H2,1-4H3. The predicted molar refractivity (Wildman–Crippen MR) is 117 cm³/mol. The number of hydrogen-bond acceptors (Lipinski definition) is 8. The van der Waals surface area contributed by atoms with Crippen LogP contribution in [0.3, 0.4) is 0 Å². The van der Waals surface area contributed by atoms with Gasteiger partial charge in [-0.2, -0.15) is 21.6 Å². The maximum Gasteiger partial charge on any atom is 0.534 e. The van der Waals surface area contributed by atoms with E-state index in [0.717, 1.165) is 0 Å². The lowest BCUT2D eigenvalue weighted by molar-refractivity contribution is -0.0500. The van der Waals surface area contributed by atoms with Crippen molar-refractivity contribution in [2.75, 3.05) is 27.9 Å². The number of pyridine rings is 1. The van der Waals surface area contributed by atoms with E-state index in [1.807, 2.05) is 0 Å². The summed E-state index contributed by atoms with van der Waals surface area (Å²) in [7, 11) is -1.55. The summed E-state index contributed by atoms with van der Waals surface area (Å²) in [6.07, 6.45) is 1.90. The average Bonchev–Trinajstić information content (AvgIpc) is 2.80. The molecule has 0 fully saturated rings. The molecule has 34 heavy (non-hydrogen) atoms. The molecule has 0 aliphatic carbocycles. The van der Waals surface area contributed by atoms with Crippen LogP contribution in [0.2, 0.25) is 0 Å². The minimum absolute atomic E-state index is 0.00631. The van der Waals surface area contributed by atoms with Gasteiger partial charge in [-0.05, 0) is 42.1 Å². The van der Waals surface area contributed by atoms with Crippen LogP contribution in [0, 0.1) is 0 Å². The molecule has 3 rings (SSSR count). The summed E-state index contributed by atoms with van der Waals surface area (Å²) in [5, 5.41) is 0.340. The van der Waals surface area contributed by atoms with Crippen LogP contribution in [0.4, 0.5) is 13.2 Å². The topological polar surface area (TPSA) is 93.2 Å². The first-order chi connectivity index (χ1) is 16.1. The average molecular weight is 501 g/mol. The lowest BCUT2D eigenvalue weighted by atomic mass is 9.97. The maximum absolute atomic E-state index is 13.0. The summed E-state index contributed by atoms with van der Waals surface area (Å²) in [6.45, 7) is 1.66. The minimum Gasteiger partial charge on any atom is -0.497 e. The van der Waals surface area contributed by atoms with E-state index < -0.39 is 27.5 Å². The number of rotatable bonds is 9. The second-order valence-corrected chi connectivity index (χ2v) is 8.43. The normalized spacial score (nSPS) is 12.9. The summed E-state index contributed by atoms with van der Waals surface area (Å²) in [5.74, 6) is 0.176. The van der Waals surface area contributed by atoms with Crippen molar-refractivity contribution < 1.29 is 44.7 Å². The first-order valence-electron chi connectivity index (χ1n) is 9.86. The van der Waals surface area contributed by atoms with Crippen molar-refractivity contribution in [3.8, 4) is 23.0 Å². The van der Waals surface area contributed by atoms with Crippen LogP contribution in [0.1, 0.15) is 24.2 Å². The van der Waals surface area contributed by atoms with Gasteiger partial charge in [0, 0.05) is 36.5 Å². The molecule has 184 valence electrons. The van der Waals surface area contributed by atoms with Crippen molar-refractivity contribution in [1.82, 2.24) is 4.98 Å². The third-order valence-corrected chi connectivity index (χ3v) is 5.81. The van der Waals surface area contributed by atoms with Crippen LogP contribution in [0.5, 0.6) is 23.0 Å². The molecule has 0 radical (unpaired) electrons. The number of aromatic nitrogens is 1. The van der Waals surface area contributed by atoms with E-state index in [1.54, 1.807) is 31.2 Å². The molecule has 0 saturated heterocycles. The summed E-state index contributed by atoms with van der Waals surface area (Å²) in [4.78, 5) is 4.09. The van der Waals surface area contributed by atoms with E-state index in [4.69, 9.17) is 18.9 Å². The zero-order valence-electron chi connectivity index (χ0n) is 18.7. The predicted octanol–water partition coefficient (Wildman–Crippen LogP) is 4.61. The van der Waals surface area contributed by atoms with Gasteiger partial charge < -0.3 is 23.1 Å². The van der Waals surface area contributed by atoms with Crippen LogP contribution in [0.25, 0.3) is 10.8 Å². The molecule has 0 bridgehead atoms. The van der Waals surface area contributed by atoms with Gasteiger partial charge in [0.25, 0.3) is 0 Å². The second-order valence-electron chi connectivity index (χ2n) is 6.89. The van der Waals surface area contributed by atoms with Crippen molar-refractivity contribution in [2.45, 2.75) is 18.5 Å². The molecule has 3 aromatic rings. The summed E-state index contributed by atoms with van der Waals surface area (Å²) >= 11 is 0.